The van der Waals surface area contributed by atoms with Crippen molar-refractivity contribution in [3.8, 4) is 17.8 Å². The number of rotatable bonds is 2. The lowest BCUT2D eigenvalue weighted by Crippen LogP contribution is -2.12. The molecule has 110 valence electrons. The number of nitrogens with zero attached hydrogens (tertiary/aromatic N) is 3. The Morgan fingerprint density at radius 1 is 1.36 bits per heavy atom. The summed E-state index contributed by atoms with van der Waals surface area (Å²) < 4.78 is 19.5. The van der Waals surface area contributed by atoms with Crippen molar-refractivity contribution in [2.45, 2.75) is 6.92 Å². The van der Waals surface area contributed by atoms with Gasteiger partial charge in [-0.2, -0.15) is 10.5 Å². The van der Waals surface area contributed by atoms with E-state index in [2.05, 4.69) is 4.74 Å². The number of nitrogens with two attached hydrogens (primary N) is 1. The Morgan fingerprint density at radius 3 is 2.59 bits per heavy atom. The van der Waals surface area contributed by atoms with Gasteiger partial charge in [-0.1, -0.05) is 0 Å². The first kappa shape index (κ1) is 15.1. The number of anilines is 1. The number of halogens is 1. The molecule has 0 amide bonds. The minimum absolute atomic E-state index is 0.0335. The summed E-state index contributed by atoms with van der Waals surface area (Å²) in [5, 5.41) is 18.3. The van der Waals surface area contributed by atoms with Crippen LogP contribution in [0.3, 0.4) is 0 Å². The van der Waals surface area contributed by atoms with Crippen LogP contribution in [0.4, 0.5) is 10.1 Å². The van der Waals surface area contributed by atoms with E-state index in [4.69, 9.17) is 11.0 Å². The smallest absolute Gasteiger partial charge is 0.357 e. The summed E-state index contributed by atoms with van der Waals surface area (Å²) in [5.74, 6) is -1.36. The quantitative estimate of drug-likeness (QED) is 0.854. The number of esters is 1. The molecule has 22 heavy (non-hydrogen) atoms. The molecule has 2 N–H and O–H groups in total. The maximum atomic E-state index is 13.7. The minimum Gasteiger partial charge on any atom is -0.464 e. The van der Waals surface area contributed by atoms with Crippen molar-refractivity contribution in [3.05, 3.63) is 46.5 Å². The van der Waals surface area contributed by atoms with Gasteiger partial charge >= 0.3 is 5.97 Å². The van der Waals surface area contributed by atoms with Crippen molar-refractivity contribution in [2.24, 2.45) is 0 Å². The molecule has 7 heteroatoms. The van der Waals surface area contributed by atoms with E-state index in [9.17, 15) is 14.4 Å². The fraction of sp³-hybridized carbons (Fsp3) is 0.133. The molecular weight excluding hydrogens is 287 g/mol. The molecule has 0 bridgehead atoms. The van der Waals surface area contributed by atoms with Crippen LogP contribution in [0.25, 0.3) is 5.69 Å². The van der Waals surface area contributed by atoms with Crippen molar-refractivity contribution in [1.82, 2.24) is 4.57 Å². The predicted molar refractivity (Wildman–Crippen MR) is 75.6 cm³/mol. The van der Waals surface area contributed by atoms with Crippen molar-refractivity contribution in [1.29, 1.82) is 10.5 Å². The number of carbonyl (C=O) groups is 1. The van der Waals surface area contributed by atoms with Crippen LogP contribution >= 0.6 is 0 Å². The zero-order chi connectivity index (χ0) is 16.4. The molecule has 0 fully saturated rings. The average molecular weight is 298 g/mol. The van der Waals surface area contributed by atoms with Gasteiger partial charge in [0.25, 0.3) is 0 Å². The second-order valence-electron chi connectivity index (χ2n) is 4.51. The van der Waals surface area contributed by atoms with Gasteiger partial charge < -0.3 is 15.0 Å². The first-order valence-electron chi connectivity index (χ1n) is 6.14. The number of nitriles is 2. The van der Waals surface area contributed by atoms with Gasteiger partial charge in [0.15, 0.2) is 5.69 Å². The molecular formula is C15H11FN4O2. The molecule has 0 unspecified atom stereocenters. The van der Waals surface area contributed by atoms with E-state index in [1.54, 1.807) is 6.92 Å². The van der Waals surface area contributed by atoms with Gasteiger partial charge in [-0.15, -0.1) is 0 Å². The number of hydrogen-bond donors (Lipinski definition) is 1. The van der Waals surface area contributed by atoms with E-state index < -0.39 is 11.8 Å². The topological polar surface area (TPSA) is 105 Å². The van der Waals surface area contributed by atoms with E-state index in [1.807, 2.05) is 12.1 Å². The Hall–Kier alpha value is -3.32. The van der Waals surface area contributed by atoms with Gasteiger partial charge in [0, 0.05) is 6.20 Å². The van der Waals surface area contributed by atoms with Gasteiger partial charge in [-0.25, -0.2) is 9.18 Å². The van der Waals surface area contributed by atoms with Gasteiger partial charge in [0.1, 0.15) is 18.0 Å². The number of nitrogen functional groups attached to an aromatic ring is 1. The molecule has 0 aliphatic rings. The molecule has 2 rings (SSSR count). The number of hydrogen-bond acceptors (Lipinski definition) is 5. The molecule has 0 atom stereocenters. The first-order valence-corrected chi connectivity index (χ1v) is 6.14. The average Bonchev–Trinajstić information content (AvgIpc) is 2.82. The SMILES string of the molecule is COC(=O)c1c(N)c(C#N)cn1-c1cc(F)cc(C)c1C#N. The fourth-order valence-corrected chi connectivity index (χ4v) is 2.17. The summed E-state index contributed by atoms with van der Waals surface area (Å²) in [5.41, 5.74) is 6.29. The number of carbonyl (C=O) groups excluding carboxylic acids is 1. The van der Waals surface area contributed by atoms with Gasteiger partial charge in [-0.3, -0.25) is 0 Å². The molecule has 0 saturated heterocycles. The van der Waals surface area contributed by atoms with Crippen LogP contribution in [0.15, 0.2) is 18.3 Å². The summed E-state index contributed by atoms with van der Waals surface area (Å²) in [7, 11) is 1.16. The largest absolute Gasteiger partial charge is 0.464 e. The van der Waals surface area contributed by atoms with Crippen LogP contribution in [-0.4, -0.2) is 17.6 Å². The van der Waals surface area contributed by atoms with Crippen LogP contribution in [0.5, 0.6) is 0 Å². The zero-order valence-corrected chi connectivity index (χ0v) is 11.8. The molecule has 0 aliphatic heterocycles. The number of aryl methyl sites for hydroxylation is 1. The van der Waals surface area contributed by atoms with Crippen LogP contribution in [0, 0.1) is 35.4 Å². The van der Waals surface area contributed by atoms with Crippen LogP contribution in [-0.2, 0) is 4.74 Å². The Morgan fingerprint density at radius 2 is 2.05 bits per heavy atom. The molecule has 1 aromatic heterocycles. The minimum atomic E-state index is -0.787. The summed E-state index contributed by atoms with van der Waals surface area (Å²) >= 11 is 0. The summed E-state index contributed by atoms with van der Waals surface area (Å²) in [6.07, 6.45) is 1.27. The number of ether oxygens (including phenoxy) is 1. The number of benzene rings is 1. The first-order chi connectivity index (χ1) is 10.4. The molecule has 1 heterocycles. The van der Waals surface area contributed by atoms with Crippen LogP contribution in [0.2, 0.25) is 0 Å². The highest BCUT2D eigenvalue weighted by atomic mass is 19.1. The number of methoxy groups -OCH3 is 1. The van der Waals surface area contributed by atoms with E-state index >= 15 is 0 Å². The van der Waals surface area contributed by atoms with Crippen molar-refractivity contribution >= 4 is 11.7 Å². The number of aromatic nitrogens is 1. The van der Waals surface area contributed by atoms with Crippen LogP contribution < -0.4 is 5.73 Å². The lowest BCUT2D eigenvalue weighted by Gasteiger charge is -2.12. The Kier molecular flexibility index (Phi) is 3.83. The van der Waals surface area contributed by atoms with E-state index in [1.165, 1.54) is 16.8 Å². The standard InChI is InChI=1S/C15H11FN4O2/c1-8-3-10(16)4-12(11(8)6-18)20-7-9(5-17)13(19)14(20)15(21)22-2/h3-4,7H,19H2,1-2H3. The Balaban J connectivity index is 2.88. The highest BCUT2D eigenvalue weighted by Crippen LogP contribution is 2.28. The van der Waals surface area contributed by atoms with Crippen molar-refractivity contribution < 1.29 is 13.9 Å². The molecule has 0 aliphatic carbocycles. The van der Waals surface area contributed by atoms with E-state index in [0.717, 1.165) is 13.2 Å². The summed E-state index contributed by atoms with van der Waals surface area (Å²) in [4.78, 5) is 11.9. The maximum absolute atomic E-state index is 13.7. The molecule has 0 spiro atoms. The molecule has 6 nitrogen and oxygen atoms in total. The normalized spacial score (nSPS) is 9.86. The van der Waals surface area contributed by atoms with E-state index in [-0.39, 0.29) is 28.2 Å². The monoisotopic (exact) mass is 298 g/mol. The second-order valence-corrected chi connectivity index (χ2v) is 4.51. The molecule has 1 aromatic carbocycles. The predicted octanol–water partition coefficient (Wildman–Crippen LogP) is 2.04. The molecule has 0 radical (unpaired) electrons. The second kappa shape index (κ2) is 5.58. The van der Waals surface area contributed by atoms with E-state index in [0.29, 0.717) is 5.56 Å². The lowest BCUT2D eigenvalue weighted by atomic mass is 10.1. The Bertz CT molecular complexity index is 856. The third-order valence-electron chi connectivity index (χ3n) is 3.19. The van der Waals surface area contributed by atoms with Gasteiger partial charge in [-0.05, 0) is 24.6 Å². The van der Waals surface area contributed by atoms with Gasteiger partial charge in [0.05, 0.1) is 29.6 Å². The fourth-order valence-electron chi connectivity index (χ4n) is 2.17. The summed E-state index contributed by atoms with van der Waals surface area (Å²) in [6, 6.07) is 6.10. The Labute approximate surface area is 125 Å². The zero-order valence-electron chi connectivity index (χ0n) is 11.8. The highest BCUT2D eigenvalue weighted by Gasteiger charge is 2.23. The maximum Gasteiger partial charge on any atom is 0.357 e. The third-order valence-corrected chi connectivity index (χ3v) is 3.19. The highest BCUT2D eigenvalue weighted by molar-refractivity contribution is 5.96. The summed E-state index contributed by atoms with van der Waals surface area (Å²) in [6.45, 7) is 1.57. The molecule has 0 saturated carbocycles. The van der Waals surface area contributed by atoms with Crippen molar-refractivity contribution in [3.63, 3.8) is 0 Å². The molecule has 2 aromatic rings. The lowest BCUT2D eigenvalue weighted by molar-refractivity contribution is 0.0593. The van der Waals surface area contributed by atoms with Crippen molar-refractivity contribution in [2.75, 3.05) is 12.8 Å². The third kappa shape index (κ3) is 2.25. The van der Waals surface area contributed by atoms with Gasteiger partial charge in [0.2, 0.25) is 0 Å². The van der Waals surface area contributed by atoms with Crippen LogP contribution in [0.1, 0.15) is 27.2 Å².